The average Bonchev–Trinajstić information content (AvgIpc) is 2.90. The molecule has 2 fully saturated rings. The van der Waals surface area contributed by atoms with Crippen LogP contribution in [0.4, 0.5) is 18.9 Å². The average molecular weight is 546 g/mol. The van der Waals surface area contributed by atoms with Crippen molar-refractivity contribution in [3.8, 4) is 0 Å². The monoisotopic (exact) mass is 545 g/mol. The minimum absolute atomic E-state index is 0.00338. The Morgan fingerprint density at radius 2 is 1.74 bits per heavy atom. The third-order valence-corrected chi connectivity index (χ3v) is 7.80. The number of benzene rings is 1. The number of alkyl halides is 3. The van der Waals surface area contributed by atoms with Crippen LogP contribution in [0.15, 0.2) is 48.7 Å². The fraction of sp³-hybridized carbons (Fsp3) is 0.464. The van der Waals surface area contributed by atoms with Crippen molar-refractivity contribution < 1.29 is 18.0 Å². The summed E-state index contributed by atoms with van der Waals surface area (Å²) in [6.07, 6.45) is 1.97. The molecule has 202 valence electrons. The number of likely N-dealkylation sites (tertiary alicyclic amines) is 1. The van der Waals surface area contributed by atoms with Gasteiger partial charge in [-0.15, -0.1) is 0 Å². The van der Waals surface area contributed by atoms with Crippen molar-refractivity contribution in [2.75, 3.05) is 18.4 Å². The minimum atomic E-state index is -4.54. The smallest absolute Gasteiger partial charge is 0.382 e. The molecule has 3 heterocycles. The van der Waals surface area contributed by atoms with Crippen LogP contribution in [-0.2, 0) is 17.5 Å². The van der Waals surface area contributed by atoms with Gasteiger partial charge in [-0.1, -0.05) is 17.7 Å². The van der Waals surface area contributed by atoms with Gasteiger partial charge >= 0.3 is 6.18 Å². The van der Waals surface area contributed by atoms with Crippen LogP contribution in [-0.4, -0.2) is 45.9 Å². The highest BCUT2D eigenvalue weighted by atomic mass is 35.5. The Labute approximate surface area is 225 Å². The van der Waals surface area contributed by atoms with E-state index in [-0.39, 0.29) is 29.4 Å². The molecule has 3 aromatic rings. The molecule has 2 aliphatic rings. The molecular formula is C28H31ClF3N5O. The topological polar surface area (TPSA) is 70.2 Å². The van der Waals surface area contributed by atoms with Crippen molar-refractivity contribution >= 4 is 34.1 Å². The van der Waals surface area contributed by atoms with Gasteiger partial charge in [0.1, 0.15) is 5.69 Å². The van der Waals surface area contributed by atoms with Crippen LogP contribution in [0.3, 0.4) is 0 Å². The van der Waals surface area contributed by atoms with E-state index in [4.69, 9.17) is 11.6 Å². The number of nitrogens with zero attached hydrogens (tertiary/aromatic N) is 3. The number of carbonyl (C=O) groups excluding carboxylic acids is 1. The van der Waals surface area contributed by atoms with Crippen molar-refractivity contribution in [3.63, 3.8) is 0 Å². The highest BCUT2D eigenvalue weighted by molar-refractivity contribution is 6.31. The molecule has 1 aliphatic carbocycles. The van der Waals surface area contributed by atoms with Crippen LogP contribution >= 0.6 is 11.6 Å². The van der Waals surface area contributed by atoms with Gasteiger partial charge in [0.25, 0.3) is 0 Å². The normalized spacial score (nSPS) is 21.4. The lowest BCUT2D eigenvalue weighted by Gasteiger charge is -2.34. The molecule has 2 aromatic heterocycles. The SMILES string of the molecule is O=C(N[C@H]1CC[C@@H](Nc2cc(C(F)(F)F)nc3ccc(Cl)cc23)CC1)C1CCN(Cc2ccccn2)CC1. The molecule has 2 N–H and O–H groups in total. The van der Waals surface area contributed by atoms with Crippen molar-refractivity contribution in [2.24, 2.45) is 5.92 Å². The molecule has 0 bridgehead atoms. The summed E-state index contributed by atoms with van der Waals surface area (Å²) in [7, 11) is 0. The molecule has 1 aromatic carbocycles. The highest BCUT2D eigenvalue weighted by Gasteiger charge is 2.34. The standard InChI is InChI=1S/C28H31ClF3N5O/c29-19-4-9-24-23(15-19)25(16-26(36-24)28(30,31)32)34-20-5-7-21(8-6-20)35-27(38)18-10-13-37(14-11-18)17-22-3-1-2-12-33-22/h1-4,9,12,15-16,18,20-21H,5-8,10-11,13-14,17H2,(H,34,36)(H,35,38)/t20-,21+. The Morgan fingerprint density at radius 1 is 1.00 bits per heavy atom. The van der Waals surface area contributed by atoms with Crippen molar-refractivity contribution in [1.82, 2.24) is 20.2 Å². The van der Waals surface area contributed by atoms with Crippen LogP contribution in [0.25, 0.3) is 10.9 Å². The van der Waals surface area contributed by atoms with E-state index in [1.807, 2.05) is 18.2 Å². The largest absolute Gasteiger partial charge is 0.433 e. The molecule has 1 aliphatic heterocycles. The maximum absolute atomic E-state index is 13.4. The number of anilines is 1. The Kier molecular flexibility index (Phi) is 8.04. The summed E-state index contributed by atoms with van der Waals surface area (Å²) in [6, 6.07) is 11.8. The fourth-order valence-corrected chi connectivity index (χ4v) is 5.63. The fourth-order valence-electron chi connectivity index (χ4n) is 5.46. The van der Waals surface area contributed by atoms with E-state index in [0.29, 0.717) is 16.1 Å². The van der Waals surface area contributed by atoms with Crippen molar-refractivity contribution in [1.29, 1.82) is 0 Å². The van der Waals surface area contributed by atoms with Gasteiger partial charge in [0.2, 0.25) is 5.91 Å². The first kappa shape index (κ1) is 26.7. The first-order chi connectivity index (χ1) is 18.2. The van der Waals surface area contributed by atoms with Gasteiger partial charge in [-0.3, -0.25) is 14.7 Å². The van der Waals surface area contributed by atoms with Crippen LogP contribution in [0.1, 0.15) is 49.9 Å². The van der Waals surface area contributed by atoms with Gasteiger partial charge in [0.15, 0.2) is 0 Å². The third kappa shape index (κ3) is 6.56. The van der Waals surface area contributed by atoms with Gasteiger partial charge in [0, 0.05) is 46.8 Å². The molecule has 0 radical (unpaired) electrons. The Balaban J connectivity index is 1.13. The number of aromatic nitrogens is 2. The summed E-state index contributed by atoms with van der Waals surface area (Å²) in [6.45, 7) is 2.54. The number of carbonyl (C=O) groups is 1. The van der Waals surface area contributed by atoms with E-state index in [2.05, 4.69) is 25.5 Å². The maximum atomic E-state index is 13.4. The second kappa shape index (κ2) is 11.5. The number of piperidine rings is 1. The van der Waals surface area contributed by atoms with E-state index >= 15 is 0 Å². The zero-order valence-electron chi connectivity index (χ0n) is 21.0. The van der Waals surface area contributed by atoms with Crippen LogP contribution < -0.4 is 10.6 Å². The number of fused-ring (bicyclic) bond motifs is 1. The zero-order valence-corrected chi connectivity index (χ0v) is 21.7. The first-order valence-corrected chi connectivity index (χ1v) is 13.5. The van der Waals surface area contributed by atoms with Crippen LogP contribution in [0, 0.1) is 5.92 Å². The van der Waals surface area contributed by atoms with Crippen molar-refractivity contribution in [3.05, 3.63) is 65.1 Å². The highest BCUT2D eigenvalue weighted by Crippen LogP contribution is 2.35. The Bertz CT molecular complexity index is 1260. The van der Waals surface area contributed by atoms with E-state index in [0.717, 1.165) is 69.9 Å². The van der Waals surface area contributed by atoms with Gasteiger partial charge in [0.05, 0.1) is 11.2 Å². The number of hydrogen-bond donors (Lipinski definition) is 2. The van der Waals surface area contributed by atoms with Gasteiger partial charge in [-0.2, -0.15) is 13.2 Å². The van der Waals surface area contributed by atoms with Gasteiger partial charge in [-0.25, -0.2) is 4.98 Å². The Morgan fingerprint density at radius 3 is 2.42 bits per heavy atom. The summed E-state index contributed by atoms with van der Waals surface area (Å²) in [4.78, 5) is 23.4. The van der Waals surface area contributed by atoms with E-state index < -0.39 is 11.9 Å². The van der Waals surface area contributed by atoms with Gasteiger partial charge in [-0.05, 0) is 88.0 Å². The van der Waals surface area contributed by atoms with Gasteiger partial charge < -0.3 is 10.6 Å². The lowest BCUT2D eigenvalue weighted by molar-refractivity contribution is -0.140. The van der Waals surface area contributed by atoms with E-state index in [1.165, 1.54) is 6.07 Å². The summed E-state index contributed by atoms with van der Waals surface area (Å²) < 4.78 is 40.3. The molecule has 5 rings (SSSR count). The maximum Gasteiger partial charge on any atom is 0.433 e. The minimum Gasteiger partial charge on any atom is -0.382 e. The summed E-state index contributed by atoms with van der Waals surface area (Å²) in [5, 5.41) is 7.54. The zero-order chi connectivity index (χ0) is 26.7. The summed E-state index contributed by atoms with van der Waals surface area (Å²) in [5.74, 6) is 0.128. The summed E-state index contributed by atoms with van der Waals surface area (Å²) in [5.41, 5.74) is 0.744. The molecule has 10 heteroatoms. The molecule has 38 heavy (non-hydrogen) atoms. The molecule has 6 nitrogen and oxygen atoms in total. The number of hydrogen-bond acceptors (Lipinski definition) is 5. The predicted molar refractivity (Wildman–Crippen MR) is 142 cm³/mol. The van der Waals surface area contributed by atoms with Crippen LogP contribution in [0.2, 0.25) is 5.02 Å². The molecular weight excluding hydrogens is 515 g/mol. The van der Waals surface area contributed by atoms with E-state index in [9.17, 15) is 18.0 Å². The lowest BCUT2D eigenvalue weighted by Crippen LogP contribution is -2.45. The third-order valence-electron chi connectivity index (χ3n) is 7.56. The molecule has 1 saturated carbocycles. The Hall–Kier alpha value is -2.91. The molecule has 0 spiro atoms. The van der Waals surface area contributed by atoms with Crippen LogP contribution in [0.5, 0.6) is 0 Å². The predicted octanol–water partition coefficient (Wildman–Crippen LogP) is 6.05. The lowest BCUT2D eigenvalue weighted by atomic mass is 9.89. The number of rotatable bonds is 6. The second-order valence-corrected chi connectivity index (χ2v) is 10.7. The number of amides is 1. The van der Waals surface area contributed by atoms with Crippen molar-refractivity contribution in [2.45, 2.75) is 63.3 Å². The molecule has 1 saturated heterocycles. The molecule has 1 amide bonds. The quantitative estimate of drug-likeness (QED) is 0.394. The number of pyridine rings is 2. The first-order valence-electron chi connectivity index (χ1n) is 13.1. The molecule has 0 atom stereocenters. The summed E-state index contributed by atoms with van der Waals surface area (Å²) >= 11 is 6.12. The number of nitrogens with one attached hydrogen (secondary N) is 2. The number of halogens is 4. The second-order valence-electron chi connectivity index (χ2n) is 10.3. The molecule has 0 unspecified atom stereocenters. The van der Waals surface area contributed by atoms with E-state index in [1.54, 1.807) is 18.3 Å².